The Labute approximate surface area is 221 Å². The van der Waals surface area contributed by atoms with Gasteiger partial charge in [-0.2, -0.15) is 0 Å². The number of nitrogens with zero attached hydrogens (tertiary/aromatic N) is 1. The van der Waals surface area contributed by atoms with Crippen LogP contribution in [-0.2, 0) is 20.0 Å². The number of nitrogens with one attached hydrogen (secondary N) is 2. The molecule has 0 unspecified atom stereocenters. The molecular weight excluding hydrogens is 558 g/mol. The molecule has 5 aromatic rings. The van der Waals surface area contributed by atoms with Crippen LogP contribution in [0.5, 0.6) is 5.75 Å². The summed E-state index contributed by atoms with van der Waals surface area (Å²) < 4.78 is 66.8. The first-order chi connectivity index (χ1) is 17.6. The summed E-state index contributed by atoms with van der Waals surface area (Å²) in [5.74, 6) is 0.850. The molecule has 0 bridgehead atoms. The molecule has 190 valence electrons. The quantitative estimate of drug-likeness (QED) is 0.238. The number of benzene rings is 3. The second kappa shape index (κ2) is 9.71. The van der Waals surface area contributed by atoms with Crippen LogP contribution >= 0.6 is 22.9 Å². The van der Waals surface area contributed by atoms with E-state index < -0.39 is 20.0 Å². The van der Waals surface area contributed by atoms with E-state index in [1.807, 2.05) is 0 Å². The average Bonchev–Trinajstić information content (AvgIpc) is 3.50. The minimum Gasteiger partial charge on any atom is -0.497 e. The fraction of sp³-hybridized carbons (Fsp3) is 0.0417. The van der Waals surface area contributed by atoms with Crippen LogP contribution in [0.25, 0.3) is 22.6 Å². The van der Waals surface area contributed by atoms with Crippen LogP contribution in [-0.4, -0.2) is 28.9 Å². The Hall–Kier alpha value is -3.58. The normalized spacial score (nSPS) is 11.9. The van der Waals surface area contributed by atoms with Crippen molar-refractivity contribution < 1.29 is 26.0 Å². The van der Waals surface area contributed by atoms with Gasteiger partial charge in [-0.3, -0.25) is 9.44 Å². The zero-order chi connectivity index (χ0) is 26.2. The Morgan fingerprint density at radius 1 is 0.838 bits per heavy atom. The molecule has 0 spiro atoms. The van der Waals surface area contributed by atoms with Gasteiger partial charge in [-0.1, -0.05) is 11.6 Å². The fourth-order valence-electron chi connectivity index (χ4n) is 3.41. The number of anilines is 2. The summed E-state index contributed by atoms with van der Waals surface area (Å²) in [4.78, 5) is 4.55. The summed E-state index contributed by atoms with van der Waals surface area (Å²) in [7, 11) is -6.07. The molecule has 0 saturated carbocycles. The van der Waals surface area contributed by atoms with Gasteiger partial charge in [0.15, 0.2) is 5.58 Å². The fourth-order valence-corrected chi connectivity index (χ4v) is 7.00. The van der Waals surface area contributed by atoms with Gasteiger partial charge in [-0.25, -0.2) is 21.8 Å². The van der Waals surface area contributed by atoms with E-state index in [2.05, 4.69) is 14.4 Å². The molecule has 0 aliphatic heterocycles. The zero-order valence-corrected chi connectivity index (χ0v) is 22.2. The van der Waals surface area contributed by atoms with Crippen molar-refractivity contribution in [2.24, 2.45) is 0 Å². The number of methoxy groups -OCH3 is 1. The van der Waals surface area contributed by atoms with Crippen LogP contribution in [0.2, 0.25) is 4.34 Å². The van der Waals surface area contributed by atoms with Gasteiger partial charge in [-0.05, 0) is 78.9 Å². The van der Waals surface area contributed by atoms with Gasteiger partial charge in [0, 0.05) is 11.3 Å². The van der Waals surface area contributed by atoms with Crippen molar-refractivity contribution >= 4 is 65.5 Å². The SMILES string of the molecule is COc1ccc(S(=O)(=O)Nc2ccc(-c3nc4cc(NS(=O)(=O)c5ccc(Cl)s5)ccc4o3)cc2)cc1. The molecule has 0 aliphatic carbocycles. The Bertz CT molecular complexity index is 1800. The number of aromatic nitrogens is 1. The first-order valence-corrected chi connectivity index (χ1v) is 14.8. The monoisotopic (exact) mass is 575 g/mol. The number of hydrogen-bond acceptors (Lipinski definition) is 8. The smallest absolute Gasteiger partial charge is 0.271 e. The lowest BCUT2D eigenvalue weighted by Gasteiger charge is -2.09. The molecule has 0 saturated heterocycles. The van der Waals surface area contributed by atoms with Gasteiger partial charge in [0.25, 0.3) is 20.0 Å². The van der Waals surface area contributed by atoms with Crippen LogP contribution in [0, 0.1) is 0 Å². The molecule has 2 aromatic heterocycles. The van der Waals surface area contributed by atoms with Crippen LogP contribution in [0.1, 0.15) is 0 Å². The standard InChI is InChI=1S/C24H18ClN3O6S3/c1-33-18-7-9-19(10-8-18)36(29,30)27-16-4-2-15(3-5-16)24-26-20-14-17(6-11-21(20)34-24)28-37(31,32)23-13-12-22(25)35-23/h2-14,27-28H,1H3. The van der Waals surface area contributed by atoms with Gasteiger partial charge >= 0.3 is 0 Å². The van der Waals surface area contributed by atoms with Crippen LogP contribution in [0.15, 0.2) is 92.4 Å². The summed E-state index contributed by atoms with van der Waals surface area (Å²) in [6.07, 6.45) is 0. The van der Waals surface area contributed by atoms with Crippen molar-refractivity contribution in [1.29, 1.82) is 0 Å². The van der Waals surface area contributed by atoms with Gasteiger partial charge in [0.2, 0.25) is 5.89 Å². The molecule has 0 amide bonds. The summed E-state index contributed by atoms with van der Waals surface area (Å²) in [6, 6.07) is 20.3. The van der Waals surface area contributed by atoms with Crippen molar-refractivity contribution in [3.8, 4) is 17.2 Å². The van der Waals surface area contributed by atoms with Crippen LogP contribution < -0.4 is 14.2 Å². The molecule has 0 atom stereocenters. The maximum Gasteiger partial charge on any atom is 0.271 e. The third kappa shape index (κ3) is 5.42. The molecule has 37 heavy (non-hydrogen) atoms. The van der Waals surface area contributed by atoms with Gasteiger partial charge in [-0.15, -0.1) is 11.3 Å². The molecule has 3 aromatic carbocycles. The predicted molar refractivity (Wildman–Crippen MR) is 143 cm³/mol. The molecule has 2 N–H and O–H groups in total. The lowest BCUT2D eigenvalue weighted by Crippen LogP contribution is -2.12. The first kappa shape index (κ1) is 25.1. The molecule has 2 heterocycles. The van der Waals surface area contributed by atoms with Gasteiger partial charge in [0.1, 0.15) is 15.5 Å². The van der Waals surface area contributed by atoms with E-state index in [1.54, 1.807) is 54.6 Å². The van der Waals surface area contributed by atoms with Crippen molar-refractivity contribution in [3.05, 3.63) is 83.2 Å². The van der Waals surface area contributed by atoms with Crippen molar-refractivity contribution in [3.63, 3.8) is 0 Å². The second-order valence-corrected chi connectivity index (χ2v) is 13.0. The molecule has 9 nitrogen and oxygen atoms in total. The minimum atomic E-state index is -3.79. The number of hydrogen-bond donors (Lipinski definition) is 2. The highest BCUT2D eigenvalue weighted by atomic mass is 35.5. The first-order valence-electron chi connectivity index (χ1n) is 10.6. The highest BCUT2D eigenvalue weighted by Gasteiger charge is 2.18. The Balaban J connectivity index is 1.33. The number of ether oxygens (including phenoxy) is 1. The van der Waals surface area contributed by atoms with E-state index in [1.165, 1.54) is 31.4 Å². The third-order valence-electron chi connectivity index (χ3n) is 5.21. The molecule has 0 fully saturated rings. The predicted octanol–water partition coefficient (Wildman–Crippen LogP) is 5.82. The van der Waals surface area contributed by atoms with E-state index in [0.717, 1.165) is 11.3 Å². The highest BCUT2D eigenvalue weighted by Crippen LogP contribution is 2.30. The van der Waals surface area contributed by atoms with E-state index >= 15 is 0 Å². The summed E-state index contributed by atoms with van der Waals surface area (Å²) in [6.45, 7) is 0. The van der Waals surface area contributed by atoms with Crippen molar-refractivity contribution in [1.82, 2.24) is 4.98 Å². The second-order valence-electron chi connectivity index (χ2n) is 7.72. The molecule has 5 rings (SSSR count). The molecular formula is C24H18ClN3O6S3. The third-order valence-corrected chi connectivity index (χ3v) is 9.71. The Morgan fingerprint density at radius 2 is 1.51 bits per heavy atom. The highest BCUT2D eigenvalue weighted by molar-refractivity contribution is 7.94. The number of fused-ring (bicyclic) bond motifs is 1. The average molecular weight is 576 g/mol. The lowest BCUT2D eigenvalue weighted by atomic mass is 10.2. The van der Waals surface area contributed by atoms with E-state index in [-0.39, 0.29) is 9.10 Å². The van der Waals surface area contributed by atoms with E-state index in [0.29, 0.717) is 44.0 Å². The number of thiophene rings is 1. The van der Waals surface area contributed by atoms with Crippen molar-refractivity contribution in [2.45, 2.75) is 9.10 Å². The Kier molecular flexibility index (Phi) is 6.58. The number of halogens is 1. The van der Waals surface area contributed by atoms with Gasteiger partial charge < -0.3 is 9.15 Å². The summed E-state index contributed by atoms with van der Waals surface area (Å²) >= 11 is 6.81. The molecule has 0 radical (unpaired) electrons. The van der Waals surface area contributed by atoms with E-state index in [4.69, 9.17) is 20.8 Å². The maximum absolute atomic E-state index is 12.7. The summed E-state index contributed by atoms with van der Waals surface area (Å²) in [5.41, 5.74) is 2.20. The zero-order valence-electron chi connectivity index (χ0n) is 19.0. The lowest BCUT2D eigenvalue weighted by molar-refractivity contribution is 0.414. The van der Waals surface area contributed by atoms with Crippen LogP contribution in [0.4, 0.5) is 11.4 Å². The molecule has 13 heteroatoms. The number of rotatable bonds is 8. The number of sulfonamides is 2. The van der Waals surface area contributed by atoms with Crippen molar-refractivity contribution in [2.75, 3.05) is 16.6 Å². The van der Waals surface area contributed by atoms with Crippen LogP contribution in [0.3, 0.4) is 0 Å². The largest absolute Gasteiger partial charge is 0.497 e. The summed E-state index contributed by atoms with van der Waals surface area (Å²) in [5, 5.41) is 0. The Morgan fingerprint density at radius 3 is 2.16 bits per heavy atom. The number of oxazole rings is 1. The van der Waals surface area contributed by atoms with Gasteiger partial charge in [0.05, 0.1) is 22.0 Å². The minimum absolute atomic E-state index is 0.0983. The maximum atomic E-state index is 12.7. The molecule has 0 aliphatic rings. The van der Waals surface area contributed by atoms with E-state index in [9.17, 15) is 16.8 Å². The topological polar surface area (TPSA) is 128 Å².